The van der Waals surface area contributed by atoms with E-state index >= 15 is 0 Å². The third-order valence-corrected chi connectivity index (χ3v) is 3.27. The highest BCUT2D eigenvalue weighted by molar-refractivity contribution is 5.34. The van der Waals surface area contributed by atoms with Gasteiger partial charge in [-0.2, -0.15) is 0 Å². The number of halogens is 1. The van der Waals surface area contributed by atoms with E-state index in [2.05, 4.69) is 0 Å². The average Bonchev–Trinajstić information content (AvgIpc) is 2.26. The Bertz CT molecular complexity index is 363. The second-order valence-electron chi connectivity index (χ2n) is 4.67. The summed E-state index contributed by atoms with van der Waals surface area (Å²) in [6.45, 7) is 0.689. The van der Waals surface area contributed by atoms with Crippen LogP contribution in [0.5, 0.6) is 5.75 Å². The number of aryl methyl sites for hydroxylation is 1. The molecule has 2 rings (SSSR count). The second-order valence-corrected chi connectivity index (χ2v) is 4.67. The maximum Gasteiger partial charge on any atom is 0.123 e. The molecular weight excluding hydrogens is 217 g/mol. The van der Waals surface area contributed by atoms with E-state index in [-0.39, 0.29) is 5.82 Å². The van der Waals surface area contributed by atoms with Gasteiger partial charge in [0.15, 0.2) is 0 Å². The Morgan fingerprint density at radius 3 is 2.76 bits per heavy atom. The van der Waals surface area contributed by atoms with Gasteiger partial charge in [-0.1, -0.05) is 0 Å². The summed E-state index contributed by atoms with van der Waals surface area (Å²) >= 11 is 0. The molecule has 1 fully saturated rings. The molecule has 94 valence electrons. The van der Waals surface area contributed by atoms with Crippen molar-refractivity contribution >= 4 is 0 Å². The zero-order valence-corrected chi connectivity index (χ0v) is 10.1. The smallest absolute Gasteiger partial charge is 0.123 e. The van der Waals surface area contributed by atoms with Crippen molar-refractivity contribution in [1.82, 2.24) is 0 Å². The molecule has 1 aromatic carbocycles. The predicted molar refractivity (Wildman–Crippen MR) is 66.7 cm³/mol. The minimum absolute atomic E-state index is 0.186. The molecule has 0 bridgehead atoms. The van der Waals surface area contributed by atoms with E-state index < -0.39 is 0 Å². The van der Waals surface area contributed by atoms with Crippen LogP contribution in [0.25, 0.3) is 0 Å². The molecule has 1 aromatic rings. The summed E-state index contributed by atoms with van der Waals surface area (Å²) in [5.41, 5.74) is 6.44. The molecule has 17 heavy (non-hydrogen) atoms. The quantitative estimate of drug-likeness (QED) is 0.772. The first-order valence-electron chi connectivity index (χ1n) is 6.45. The van der Waals surface area contributed by atoms with E-state index in [1.54, 1.807) is 12.1 Å². The largest absolute Gasteiger partial charge is 0.490 e. The molecule has 2 nitrogen and oxygen atoms in total. The van der Waals surface area contributed by atoms with Gasteiger partial charge in [0.05, 0.1) is 6.10 Å². The van der Waals surface area contributed by atoms with Crippen LogP contribution in [0.15, 0.2) is 18.2 Å². The van der Waals surface area contributed by atoms with Crippen molar-refractivity contribution in [3.05, 3.63) is 29.6 Å². The Morgan fingerprint density at radius 2 is 2.12 bits per heavy atom. The zero-order valence-electron chi connectivity index (χ0n) is 10.1. The Labute approximate surface area is 102 Å². The van der Waals surface area contributed by atoms with Crippen LogP contribution in [0.3, 0.4) is 0 Å². The van der Waals surface area contributed by atoms with Crippen LogP contribution in [-0.4, -0.2) is 12.6 Å². The fourth-order valence-electron chi connectivity index (χ4n) is 1.99. The maximum atomic E-state index is 13.2. The monoisotopic (exact) mass is 237 g/mol. The number of benzene rings is 1. The molecule has 0 saturated heterocycles. The van der Waals surface area contributed by atoms with Crippen molar-refractivity contribution in [1.29, 1.82) is 0 Å². The summed E-state index contributed by atoms with van der Waals surface area (Å²) in [6.07, 6.45) is 6.64. The van der Waals surface area contributed by atoms with Crippen molar-refractivity contribution in [2.45, 2.75) is 44.6 Å². The molecule has 0 atom stereocenters. The van der Waals surface area contributed by atoms with Gasteiger partial charge < -0.3 is 10.5 Å². The van der Waals surface area contributed by atoms with E-state index in [4.69, 9.17) is 10.5 Å². The molecule has 0 heterocycles. The molecule has 0 amide bonds. The summed E-state index contributed by atoms with van der Waals surface area (Å²) < 4.78 is 19.1. The first-order valence-corrected chi connectivity index (χ1v) is 6.45. The van der Waals surface area contributed by atoms with Crippen molar-refractivity contribution in [2.24, 2.45) is 5.73 Å². The molecule has 0 aliphatic heterocycles. The van der Waals surface area contributed by atoms with E-state index in [9.17, 15) is 4.39 Å². The summed E-state index contributed by atoms with van der Waals surface area (Å²) in [4.78, 5) is 0. The first-order chi connectivity index (χ1) is 8.29. The van der Waals surface area contributed by atoms with Crippen molar-refractivity contribution in [3.8, 4) is 5.75 Å². The Morgan fingerprint density at radius 1 is 1.29 bits per heavy atom. The lowest BCUT2D eigenvalue weighted by atomic mass is 9.96. The lowest BCUT2D eigenvalue weighted by Gasteiger charge is -2.27. The third kappa shape index (κ3) is 3.43. The van der Waals surface area contributed by atoms with Crippen LogP contribution in [0.4, 0.5) is 4.39 Å². The minimum Gasteiger partial charge on any atom is -0.490 e. The number of unbranched alkanes of at least 4 members (excludes halogenated alkanes) is 1. The number of ether oxygens (including phenoxy) is 1. The molecular formula is C14H20FNO. The average molecular weight is 237 g/mol. The summed E-state index contributed by atoms with van der Waals surface area (Å²) in [7, 11) is 0. The molecule has 0 aromatic heterocycles. The van der Waals surface area contributed by atoms with Crippen LogP contribution < -0.4 is 10.5 Å². The van der Waals surface area contributed by atoms with E-state index in [0.29, 0.717) is 12.6 Å². The lowest BCUT2D eigenvalue weighted by molar-refractivity contribution is 0.119. The van der Waals surface area contributed by atoms with Crippen molar-refractivity contribution < 1.29 is 9.13 Å². The van der Waals surface area contributed by atoms with Crippen LogP contribution >= 0.6 is 0 Å². The maximum absolute atomic E-state index is 13.2. The highest BCUT2D eigenvalue weighted by Crippen LogP contribution is 2.28. The molecule has 0 spiro atoms. The number of hydrogen-bond donors (Lipinski definition) is 1. The van der Waals surface area contributed by atoms with Crippen molar-refractivity contribution in [2.75, 3.05) is 6.54 Å². The van der Waals surface area contributed by atoms with E-state index in [1.807, 2.05) is 0 Å². The van der Waals surface area contributed by atoms with Gasteiger partial charge in [-0.05, 0) is 68.8 Å². The van der Waals surface area contributed by atoms with Gasteiger partial charge in [-0.15, -0.1) is 0 Å². The molecule has 2 N–H and O–H groups in total. The standard InChI is InChI=1S/C14H20FNO/c15-12-7-8-14(17-13-5-3-6-13)11(10-12)4-1-2-9-16/h7-8,10,13H,1-6,9,16H2. The van der Waals surface area contributed by atoms with Crippen molar-refractivity contribution in [3.63, 3.8) is 0 Å². The highest BCUT2D eigenvalue weighted by Gasteiger charge is 2.20. The van der Waals surface area contributed by atoms with Gasteiger partial charge in [0.1, 0.15) is 11.6 Å². The molecule has 0 radical (unpaired) electrons. The van der Waals surface area contributed by atoms with Crippen LogP contribution in [0.2, 0.25) is 0 Å². The topological polar surface area (TPSA) is 35.2 Å². The van der Waals surface area contributed by atoms with Gasteiger partial charge >= 0.3 is 0 Å². The minimum atomic E-state index is -0.186. The van der Waals surface area contributed by atoms with Crippen LogP contribution in [-0.2, 0) is 6.42 Å². The summed E-state index contributed by atoms with van der Waals surface area (Å²) in [5.74, 6) is 0.668. The Kier molecular flexibility index (Phi) is 4.37. The van der Waals surface area contributed by atoms with Crippen LogP contribution in [0.1, 0.15) is 37.7 Å². The normalized spacial score (nSPS) is 15.6. The first kappa shape index (κ1) is 12.4. The SMILES string of the molecule is NCCCCc1cc(F)ccc1OC1CCC1. The molecule has 0 unspecified atom stereocenters. The number of nitrogens with two attached hydrogens (primary N) is 1. The summed E-state index contributed by atoms with van der Waals surface area (Å²) in [5, 5.41) is 0. The van der Waals surface area contributed by atoms with Gasteiger partial charge in [-0.25, -0.2) is 4.39 Å². The second kappa shape index (κ2) is 6.01. The van der Waals surface area contributed by atoms with Gasteiger partial charge in [0.25, 0.3) is 0 Å². The molecule has 1 aliphatic carbocycles. The van der Waals surface area contributed by atoms with E-state index in [0.717, 1.165) is 43.4 Å². The number of rotatable bonds is 6. The predicted octanol–water partition coefficient (Wildman–Crippen LogP) is 3.04. The molecule has 1 aliphatic rings. The van der Waals surface area contributed by atoms with Gasteiger partial charge in [0.2, 0.25) is 0 Å². The molecule has 1 saturated carbocycles. The van der Waals surface area contributed by atoms with Gasteiger partial charge in [0, 0.05) is 0 Å². The van der Waals surface area contributed by atoms with Crippen LogP contribution in [0, 0.1) is 5.82 Å². The zero-order chi connectivity index (χ0) is 12.1. The summed E-state index contributed by atoms with van der Waals surface area (Å²) in [6, 6.07) is 4.82. The highest BCUT2D eigenvalue weighted by atomic mass is 19.1. The Balaban J connectivity index is 2.00. The lowest BCUT2D eigenvalue weighted by Crippen LogP contribution is -2.25. The number of hydrogen-bond acceptors (Lipinski definition) is 2. The van der Waals surface area contributed by atoms with Gasteiger partial charge in [-0.3, -0.25) is 0 Å². The Hall–Kier alpha value is -1.09. The fraction of sp³-hybridized carbons (Fsp3) is 0.571. The van der Waals surface area contributed by atoms with E-state index in [1.165, 1.54) is 12.5 Å². The third-order valence-electron chi connectivity index (χ3n) is 3.27. The fourth-order valence-corrected chi connectivity index (χ4v) is 1.99. The molecule has 3 heteroatoms.